The van der Waals surface area contributed by atoms with Crippen molar-refractivity contribution in [1.29, 1.82) is 0 Å². The van der Waals surface area contributed by atoms with Crippen molar-refractivity contribution in [3.8, 4) is 0 Å². The molecule has 0 amide bonds. The summed E-state index contributed by atoms with van der Waals surface area (Å²) in [6, 6.07) is 3.98. The Balaban J connectivity index is 2.76. The van der Waals surface area contributed by atoms with Crippen LogP contribution in [0.25, 0.3) is 0 Å². The summed E-state index contributed by atoms with van der Waals surface area (Å²) in [5, 5.41) is 0. The molecule has 1 aromatic rings. The summed E-state index contributed by atoms with van der Waals surface area (Å²) >= 11 is 0. The molecule has 0 fully saturated rings. The van der Waals surface area contributed by atoms with Crippen molar-refractivity contribution >= 4 is 21.4 Å². The molecule has 0 saturated carbocycles. The number of para-hydroxylation sites is 1. The van der Waals surface area contributed by atoms with Gasteiger partial charge in [0.2, 0.25) is 10.0 Å². The van der Waals surface area contributed by atoms with Gasteiger partial charge in [0, 0.05) is 13.7 Å². The van der Waals surface area contributed by atoms with Gasteiger partial charge in [-0.3, -0.25) is 4.72 Å². The first-order valence-electron chi connectivity index (χ1n) is 4.99. The van der Waals surface area contributed by atoms with Crippen LogP contribution in [0.4, 0.5) is 15.8 Å². The lowest BCUT2D eigenvalue weighted by molar-refractivity contribution is 0.199. The molecule has 0 unspecified atom stereocenters. The number of nitrogens with one attached hydrogen (secondary N) is 1. The van der Waals surface area contributed by atoms with E-state index in [1.54, 1.807) is 0 Å². The minimum Gasteiger partial charge on any atom is -0.397 e. The van der Waals surface area contributed by atoms with Crippen LogP contribution in [0.1, 0.15) is 6.42 Å². The Morgan fingerprint density at radius 1 is 1.47 bits per heavy atom. The highest BCUT2D eigenvalue weighted by atomic mass is 32.2. The molecule has 17 heavy (non-hydrogen) atoms. The number of ether oxygens (including phenoxy) is 1. The monoisotopic (exact) mass is 262 g/mol. The highest BCUT2D eigenvalue weighted by molar-refractivity contribution is 7.92. The molecule has 0 aliphatic heterocycles. The molecule has 5 nitrogen and oxygen atoms in total. The molecule has 0 atom stereocenters. The van der Waals surface area contributed by atoms with Crippen molar-refractivity contribution in [3.63, 3.8) is 0 Å². The Kier molecular flexibility index (Phi) is 4.71. The second-order valence-electron chi connectivity index (χ2n) is 3.47. The lowest BCUT2D eigenvalue weighted by atomic mass is 10.3. The summed E-state index contributed by atoms with van der Waals surface area (Å²) in [6.45, 7) is 0.327. The molecule has 0 aliphatic carbocycles. The van der Waals surface area contributed by atoms with E-state index >= 15 is 0 Å². The normalized spacial score (nSPS) is 11.4. The fraction of sp³-hybridized carbons (Fsp3) is 0.400. The van der Waals surface area contributed by atoms with Crippen LogP contribution in [0, 0.1) is 5.82 Å². The first kappa shape index (κ1) is 13.7. The second-order valence-corrected chi connectivity index (χ2v) is 5.31. The Hall–Kier alpha value is -1.34. The number of sulfonamides is 1. The van der Waals surface area contributed by atoms with E-state index in [0.29, 0.717) is 13.0 Å². The summed E-state index contributed by atoms with van der Waals surface area (Å²) in [4.78, 5) is 0. The molecule has 1 rings (SSSR count). The van der Waals surface area contributed by atoms with Gasteiger partial charge in [-0.15, -0.1) is 0 Å². The molecule has 0 heterocycles. The molecule has 96 valence electrons. The molecule has 3 N–H and O–H groups in total. The van der Waals surface area contributed by atoms with E-state index in [9.17, 15) is 12.8 Å². The standard InChI is InChI=1S/C10H15FN2O3S/c1-16-6-3-7-17(14,15)13-10-8(11)4-2-5-9(10)12/h2,4-5,13H,3,6-7,12H2,1H3. The second kappa shape index (κ2) is 5.83. The maximum absolute atomic E-state index is 13.3. The topological polar surface area (TPSA) is 81.4 Å². The van der Waals surface area contributed by atoms with Gasteiger partial charge in [0.1, 0.15) is 11.5 Å². The SMILES string of the molecule is COCCCS(=O)(=O)Nc1c(N)cccc1F. The Morgan fingerprint density at radius 2 is 2.18 bits per heavy atom. The van der Waals surface area contributed by atoms with Crippen molar-refractivity contribution < 1.29 is 17.5 Å². The van der Waals surface area contributed by atoms with Gasteiger partial charge in [-0.05, 0) is 18.6 Å². The van der Waals surface area contributed by atoms with Gasteiger partial charge >= 0.3 is 0 Å². The molecule has 0 radical (unpaired) electrons. The summed E-state index contributed by atoms with van der Waals surface area (Å²) in [5.74, 6) is -0.838. The van der Waals surface area contributed by atoms with Crippen LogP contribution >= 0.6 is 0 Å². The van der Waals surface area contributed by atoms with Crippen LogP contribution in [0.2, 0.25) is 0 Å². The fourth-order valence-corrected chi connectivity index (χ4v) is 2.37. The third-order valence-corrected chi connectivity index (χ3v) is 3.41. The number of halogens is 1. The number of hydrogen-bond donors (Lipinski definition) is 2. The van der Waals surface area contributed by atoms with E-state index in [4.69, 9.17) is 10.5 Å². The lowest BCUT2D eigenvalue weighted by Crippen LogP contribution is -2.19. The zero-order chi connectivity index (χ0) is 12.9. The maximum atomic E-state index is 13.3. The number of methoxy groups -OCH3 is 1. The Labute approximate surface area is 99.8 Å². The van der Waals surface area contributed by atoms with Gasteiger partial charge in [-0.2, -0.15) is 0 Å². The van der Waals surface area contributed by atoms with E-state index in [1.165, 1.54) is 19.2 Å². The fourth-order valence-electron chi connectivity index (χ4n) is 1.25. The minimum absolute atomic E-state index is 0.0558. The van der Waals surface area contributed by atoms with E-state index in [1.807, 2.05) is 0 Å². The van der Waals surface area contributed by atoms with Gasteiger partial charge in [-0.1, -0.05) is 6.07 Å². The third-order valence-electron chi connectivity index (χ3n) is 2.06. The number of hydrogen-bond acceptors (Lipinski definition) is 4. The summed E-state index contributed by atoms with van der Waals surface area (Å²) in [5.41, 5.74) is 5.34. The molecular weight excluding hydrogens is 247 g/mol. The number of rotatable bonds is 6. The molecule has 0 saturated heterocycles. The van der Waals surface area contributed by atoms with Gasteiger partial charge in [0.05, 0.1) is 11.4 Å². The van der Waals surface area contributed by atoms with Gasteiger partial charge in [0.15, 0.2) is 0 Å². The van der Waals surface area contributed by atoms with Crippen LogP contribution in [0.15, 0.2) is 18.2 Å². The van der Waals surface area contributed by atoms with Crippen molar-refractivity contribution in [1.82, 2.24) is 0 Å². The van der Waals surface area contributed by atoms with Crippen molar-refractivity contribution in [2.75, 3.05) is 29.9 Å². The van der Waals surface area contributed by atoms with Gasteiger partial charge in [0.25, 0.3) is 0 Å². The van der Waals surface area contributed by atoms with Crippen LogP contribution < -0.4 is 10.5 Å². The van der Waals surface area contributed by atoms with E-state index < -0.39 is 15.8 Å². The Bertz CT molecular complexity index is 456. The third kappa shape index (κ3) is 4.20. The smallest absolute Gasteiger partial charge is 0.232 e. The zero-order valence-corrected chi connectivity index (χ0v) is 10.3. The lowest BCUT2D eigenvalue weighted by Gasteiger charge is -2.10. The molecule has 7 heteroatoms. The van der Waals surface area contributed by atoms with E-state index in [2.05, 4.69) is 4.72 Å². The largest absolute Gasteiger partial charge is 0.397 e. The number of anilines is 2. The average Bonchev–Trinajstić information content (AvgIpc) is 2.24. The average molecular weight is 262 g/mol. The van der Waals surface area contributed by atoms with Crippen molar-refractivity contribution in [2.45, 2.75) is 6.42 Å². The summed E-state index contributed by atoms with van der Waals surface area (Å²) in [6.07, 6.45) is 0.334. The Morgan fingerprint density at radius 3 is 2.76 bits per heavy atom. The molecule has 0 spiro atoms. The number of nitrogens with two attached hydrogens (primary N) is 1. The van der Waals surface area contributed by atoms with Crippen LogP contribution in [-0.2, 0) is 14.8 Å². The first-order chi connectivity index (χ1) is 7.96. The summed E-state index contributed by atoms with van der Waals surface area (Å²) < 4.78 is 43.4. The highest BCUT2D eigenvalue weighted by Gasteiger charge is 2.14. The van der Waals surface area contributed by atoms with Crippen molar-refractivity contribution in [2.24, 2.45) is 0 Å². The first-order valence-corrected chi connectivity index (χ1v) is 6.65. The predicted molar refractivity (Wildman–Crippen MR) is 64.7 cm³/mol. The minimum atomic E-state index is -3.60. The van der Waals surface area contributed by atoms with Gasteiger partial charge < -0.3 is 10.5 Å². The zero-order valence-electron chi connectivity index (χ0n) is 9.44. The maximum Gasteiger partial charge on any atom is 0.232 e. The van der Waals surface area contributed by atoms with E-state index in [0.717, 1.165) is 6.07 Å². The van der Waals surface area contributed by atoms with Crippen molar-refractivity contribution in [3.05, 3.63) is 24.0 Å². The summed E-state index contributed by atoms with van der Waals surface area (Å²) in [7, 11) is -2.12. The molecule has 1 aromatic carbocycles. The molecule has 0 aliphatic rings. The van der Waals surface area contributed by atoms with Gasteiger partial charge in [-0.25, -0.2) is 12.8 Å². The van der Waals surface area contributed by atoms with Crippen LogP contribution in [-0.4, -0.2) is 27.9 Å². The van der Waals surface area contributed by atoms with Crippen LogP contribution in [0.5, 0.6) is 0 Å². The number of benzene rings is 1. The predicted octanol–water partition coefficient (Wildman–Crippen LogP) is 1.19. The molecule has 0 bridgehead atoms. The highest BCUT2D eigenvalue weighted by Crippen LogP contribution is 2.23. The van der Waals surface area contributed by atoms with Crippen LogP contribution in [0.3, 0.4) is 0 Å². The van der Waals surface area contributed by atoms with E-state index in [-0.39, 0.29) is 17.1 Å². The molecular formula is C10H15FN2O3S. The molecule has 0 aromatic heterocycles. The number of nitrogen functional groups attached to an aromatic ring is 1. The quantitative estimate of drug-likeness (QED) is 0.596.